The van der Waals surface area contributed by atoms with Crippen LogP contribution in [0.5, 0.6) is 11.5 Å². The number of fused-ring (bicyclic) bond motifs is 4. The van der Waals surface area contributed by atoms with E-state index in [2.05, 4.69) is 0 Å². The number of aryl methyl sites for hydroxylation is 2. The van der Waals surface area contributed by atoms with Crippen LogP contribution >= 0.6 is 0 Å². The van der Waals surface area contributed by atoms with Gasteiger partial charge in [-0.05, 0) is 87.8 Å². The second kappa shape index (κ2) is 25.0. The van der Waals surface area contributed by atoms with Crippen LogP contribution in [0.1, 0.15) is 132 Å². The minimum Gasteiger partial charge on any atom is -0.483 e. The summed E-state index contributed by atoms with van der Waals surface area (Å²) in [5.74, 6) is -5.17. The number of methoxy groups -OCH3 is 1. The van der Waals surface area contributed by atoms with Gasteiger partial charge in [0.2, 0.25) is 10.9 Å². The highest BCUT2D eigenvalue weighted by Gasteiger charge is 2.62. The molecule has 4 aromatic carbocycles. The predicted octanol–water partition coefficient (Wildman–Crippen LogP) is 10.1. The van der Waals surface area contributed by atoms with Crippen molar-refractivity contribution in [2.45, 2.75) is 117 Å². The fourth-order valence-corrected chi connectivity index (χ4v) is 11.0. The van der Waals surface area contributed by atoms with Gasteiger partial charge in [-0.3, -0.25) is 28.8 Å². The maximum atomic E-state index is 14.2. The third-order valence-corrected chi connectivity index (χ3v) is 15.7. The van der Waals surface area contributed by atoms with Gasteiger partial charge >= 0.3 is 0 Å². The molecule has 6 aromatic rings. The van der Waals surface area contributed by atoms with Gasteiger partial charge in [0, 0.05) is 88.1 Å². The number of benzene rings is 4. The maximum absolute atomic E-state index is 14.2. The standard InChI is InChI=1S/C31H32F2N2O5.C30H30F2N2O5.2CH4/c1-19(2)34-18-31(14-22(31)17-39-3)35-15-24(26(36)12-10-21-9-11-23(32)13-25(21)33)28(37)29(27(35)30(34)38)40-16-20-7-5-4-6-8-20;1-18(2)33-17-30(13-21(30)15-35)34-14-23(25(36)11-9-20-8-10-22(31)12-24(20)32)27(37)28(26(34)29(33)38)39-16-19-6-4-3-5-7-19;;/h4-9,11,13,15,19,22H,10,12,14,16-18H2,1-3H3;3-8,10,12,14,18,21,35H,9,11,13,15-17H2,1-2H3;2*1H4/t22-,31-;21-,30-;;/m11../s1. The van der Waals surface area contributed by atoms with Crippen LogP contribution in [-0.2, 0) is 41.9 Å². The molecule has 18 heteroatoms. The number of Topliss-reactive ketones (excluding diaryl/α,β-unsaturated/α-hetero) is 2. The van der Waals surface area contributed by atoms with E-state index in [1.807, 2.05) is 88.4 Å². The molecule has 2 amide bonds. The molecule has 4 heterocycles. The van der Waals surface area contributed by atoms with Gasteiger partial charge in [0.25, 0.3) is 11.8 Å². The molecule has 2 spiro atoms. The average Bonchev–Trinajstić information content (AvgIpc) is 4.30. The third kappa shape index (κ3) is 12.2. The summed E-state index contributed by atoms with van der Waals surface area (Å²) in [5.41, 5.74) is -0.792. The Kier molecular flexibility index (Phi) is 18.8. The van der Waals surface area contributed by atoms with Crippen molar-refractivity contribution in [2.75, 3.05) is 33.4 Å². The number of amides is 2. The van der Waals surface area contributed by atoms with Gasteiger partial charge in [-0.15, -0.1) is 0 Å². The average molecular weight is 1120 g/mol. The summed E-state index contributed by atoms with van der Waals surface area (Å²) in [6.07, 6.45) is 3.75. The van der Waals surface area contributed by atoms with E-state index in [0.717, 1.165) is 35.4 Å². The van der Waals surface area contributed by atoms with Crippen LogP contribution in [-0.4, -0.2) is 92.9 Å². The van der Waals surface area contributed by atoms with E-state index >= 15 is 0 Å². The zero-order chi connectivity index (χ0) is 56.5. The number of hydrogen-bond acceptors (Lipinski definition) is 10. The van der Waals surface area contributed by atoms with E-state index in [-0.39, 0.29) is 141 Å². The van der Waals surface area contributed by atoms with Crippen molar-refractivity contribution < 1.29 is 56.1 Å². The molecule has 0 bridgehead atoms. The minimum absolute atomic E-state index is 0. The Labute approximate surface area is 468 Å². The molecular weight excluding hydrogens is 1050 g/mol. The summed E-state index contributed by atoms with van der Waals surface area (Å²) < 4.78 is 75.9. The van der Waals surface area contributed by atoms with Gasteiger partial charge in [0.15, 0.2) is 34.5 Å². The summed E-state index contributed by atoms with van der Waals surface area (Å²) >= 11 is 0. The molecule has 2 aliphatic heterocycles. The first kappa shape index (κ1) is 60.9. The molecular formula is C63H70F4N4O10. The zero-order valence-electron chi connectivity index (χ0n) is 44.6. The zero-order valence-corrected chi connectivity index (χ0v) is 44.6. The first-order valence-corrected chi connectivity index (χ1v) is 26.4. The largest absolute Gasteiger partial charge is 0.483 e. The van der Waals surface area contributed by atoms with Crippen LogP contribution in [0.15, 0.2) is 119 Å². The number of carbonyl (C=O) groups is 4. The molecule has 2 saturated carbocycles. The second-order valence-electron chi connectivity index (χ2n) is 21.4. The number of pyridine rings is 2. The first-order chi connectivity index (χ1) is 37.8. The van der Waals surface area contributed by atoms with E-state index in [1.54, 1.807) is 26.0 Å². The van der Waals surface area contributed by atoms with Gasteiger partial charge in [-0.2, -0.15) is 0 Å². The predicted molar refractivity (Wildman–Crippen MR) is 298 cm³/mol. The number of nitrogens with zero attached hydrogens (tertiary/aromatic N) is 4. The van der Waals surface area contributed by atoms with Gasteiger partial charge in [-0.25, -0.2) is 17.6 Å². The van der Waals surface area contributed by atoms with Crippen LogP contribution in [0, 0.1) is 35.1 Å². The van der Waals surface area contributed by atoms with E-state index in [0.29, 0.717) is 32.5 Å². The molecule has 2 aromatic heterocycles. The van der Waals surface area contributed by atoms with Gasteiger partial charge in [0.05, 0.1) is 28.8 Å². The molecule has 0 unspecified atom stereocenters. The quantitative estimate of drug-likeness (QED) is 0.0609. The van der Waals surface area contributed by atoms with Crippen LogP contribution in [0.4, 0.5) is 17.6 Å². The number of aliphatic hydroxyl groups is 1. The van der Waals surface area contributed by atoms with Crippen molar-refractivity contribution in [3.05, 3.63) is 198 Å². The van der Waals surface area contributed by atoms with Gasteiger partial charge in [-0.1, -0.05) is 87.6 Å². The van der Waals surface area contributed by atoms with E-state index in [9.17, 15) is 51.4 Å². The molecule has 4 aliphatic rings. The number of halogens is 4. The lowest BCUT2D eigenvalue weighted by Gasteiger charge is -2.40. The fraction of sp³-hybridized carbons (Fsp3) is 0.397. The highest BCUT2D eigenvalue weighted by molar-refractivity contribution is 6.01. The van der Waals surface area contributed by atoms with Gasteiger partial charge < -0.3 is 38.3 Å². The van der Waals surface area contributed by atoms with Crippen molar-refractivity contribution in [3.8, 4) is 11.5 Å². The maximum Gasteiger partial charge on any atom is 0.274 e. The number of aromatic nitrogens is 2. The van der Waals surface area contributed by atoms with Crippen molar-refractivity contribution in [2.24, 2.45) is 11.8 Å². The number of hydrogen-bond donors (Lipinski definition) is 1. The van der Waals surface area contributed by atoms with Crippen molar-refractivity contribution in [1.29, 1.82) is 0 Å². The molecule has 1 N–H and O–H groups in total. The summed E-state index contributed by atoms with van der Waals surface area (Å²) in [4.78, 5) is 85.2. The molecule has 14 nitrogen and oxygen atoms in total. The van der Waals surface area contributed by atoms with Crippen LogP contribution in [0.25, 0.3) is 0 Å². The fourth-order valence-electron chi connectivity index (χ4n) is 11.0. The van der Waals surface area contributed by atoms with Crippen LogP contribution < -0.4 is 20.3 Å². The van der Waals surface area contributed by atoms with Crippen molar-refractivity contribution in [3.63, 3.8) is 0 Å². The lowest BCUT2D eigenvalue weighted by molar-refractivity contribution is 0.0537. The lowest BCUT2D eigenvalue weighted by atomic mass is 9.99. The number of aliphatic hydroxyl groups excluding tert-OH is 1. The van der Waals surface area contributed by atoms with Gasteiger partial charge in [0.1, 0.15) is 36.5 Å². The van der Waals surface area contributed by atoms with Crippen LogP contribution in [0.3, 0.4) is 0 Å². The van der Waals surface area contributed by atoms with E-state index < -0.39 is 56.8 Å². The number of ketones is 2. The summed E-state index contributed by atoms with van der Waals surface area (Å²) in [7, 11) is 1.62. The Morgan fingerprint density at radius 3 is 1.36 bits per heavy atom. The molecule has 430 valence electrons. The molecule has 10 rings (SSSR count). The SMILES string of the molecule is C.C.CC(C)N1C[C@@]2(C[C@@H]2CO)n2cc(C(=O)CCc3ccc(F)cc3F)c(=O)c(OCc3ccccc3)c2C1=O.COC[C@H]1C[C@@]12CN(C(C)C)C(=O)c1c(OCc3ccccc3)c(=O)c(C(=O)CCc3ccc(F)cc3F)cn12. The topological polar surface area (TPSA) is 167 Å². The second-order valence-corrected chi connectivity index (χ2v) is 21.4. The molecule has 81 heavy (non-hydrogen) atoms. The normalized spacial score (nSPS) is 19.3. The molecule has 4 atom stereocenters. The lowest BCUT2D eigenvalue weighted by Crippen LogP contribution is -2.52. The summed E-state index contributed by atoms with van der Waals surface area (Å²) in [5, 5.41) is 10.0. The Morgan fingerprint density at radius 1 is 0.605 bits per heavy atom. The summed E-state index contributed by atoms with van der Waals surface area (Å²) in [6, 6.07) is 24.4. The number of ether oxygens (including phenoxy) is 3. The van der Waals surface area contributed by atoms with E-state index in [4.69, 9.17) is 14.2 Å². The Bertz CT molecular complexity index is 3440. The van der Waals surface area contributed by atoms with Crippen molar-refractivity contribution in [1.82, 2.24) is 18.9 Å². The number of carbonyl (C=O) groups excluding carboxylic acids is 4. The van der Waals surface area contributed by atoms with Crippen LogP contribution in [0.2, 0.25) is 0 Å². The van der Waals surface area contributed by atoms with E-state index in [1.165, 1.54) is 24.5 Å². The molecule has 0 saturated heterocycles. The molecule has 0 radical (unpaired) electrons. The highest BCUT2D eigenvalue weighted by Crippen LogP contribution is 2.55. The smallest absolute Gasteiger partial charge is 0.274 e. The molecule has 2 fully saturated rings. The third-order valence-electron chi connectivity index (χ3n) is 15.7. The Morgan fingerprint density at radius 2 is 1.00 bits per heavy atom. The molecule has 2 aliphatic carbocycles. The monoisotopic (exact) mass is 1120 g/mol. The summed E-state index contributed by atoms with van der Waals surface area (Å²) in [6.45, 7) is 8.74. The minimum atomic E-state index is -0.765. The first-order valence-electron chi connectivity index (χ1n) is 26.4. The Balaban J connectivity index is 0.000000228. The number of rotatable bonds is 19. The van der Waals surface area contributed by atoms with Crippen molar-refractivity contribution >= 4 is 23.4 Å². The highest BCUT2D eigenvalue weighted by atomic mass is 19.1. The Hall–Kier alpha value is -7.70.